The summed E-state index contributed by atoms with van der Waals surface area (Å²) in [6, 6.07) is 10.2. The van der Waals surface area contributed by atoms with Gasteiger partial charge in [0.05, 0.1) is 24.2 Å². The molecule has 1 aromatic rings. The summed E-state index contributed by atoms with van der Waals surface area (Å²) in [5.41, 5.74) is 0.746. The van der Waals surface area contributed by atoms with E-state index in [4.69, 9.17) is 14.7 Å². The molecular formula is C14H17NO2. The molecule has 1 aliphatic heterocycles. The van der Waals surface area contributed by atoms with Crippen LogP contribution in [0.4, 0.5) is 0 Å². The Labute approximate surface area is 102 Å². The molecule has 1 heterocycles. The first-order valence-electron chi connectivity index (χ1n) is 5.84. The number of ether oxygens (including phenoxy) is 2. The SMILES string of the molecule is CC(C)(C#N)CO[C@H]1COc2ccccc2C1. The van der Waals surface area contributed by atoms with Crippen molar-refractivity contribution in [3.63, 3.8) is 0 Å². The first kappa shape index (κ1) is 11.9. The third-order valence-corrected chi connectivity index (χ3v) is 2.83. The van der Waals surface area contributed by atoms with Gasteiger partial charge in [-0.1, -0.05) is 18.2 Å². The predicted molar refractivity (Wildman–Crippen MR) is 64.8 cm³/mol. The smallest absolute Gasteiger partial charge is 0.122 e. The topological polar surface area (TPSA) is 42.2 Å². The lowest BCUT2D eigenvalue weighted by molar-refractivity contribution is -0.0133. The van der Waals surface area contributed by atoms with Gasteiger partial charge in [-0.15, -0.1) is 0 Å². The van der Waals surface area contributed by atoms with E-state index in [1.165, 1.54) is 5.56 Å². The fourth-order valence-electron chi connectivity index (χ4n) is 1.77. The number of rotatable bonds is 3. The molecule has 0 aromatic heterocycles. The van der Waals surface area contributed by atoms with Gasteiger partial charge in [-0.3, -0.25) is 0 Å². The number of fused-ring (bicyclic) bond motifs is 1. The van der Waals surface area contributed by atoms with Crippen molar-refractivity contribution in [3.05, 3.63) is 29.8 Å². The van der Waals surface area contributed by atoms with E-state index in [1.807, 2.05) is 32.0 Å². The van der Waals surface area contributed by atoms with Crippen LogP contribution < -0.4 is 4.74 Å². The molecule has 0 spiro atoms. The number of nitrogens with zero attached hydrogens (tertiary/aromatic N) is 1. The maximum atomic E-state index is 8.92. The fourth-order valence-corrected chi connectivity index (χ4v) is 1.77. The van der Waals surface area contributed by atoms with Crippen molar-refractivity contribution >= 4 is 0 Å². The summed E-state index contributed by atoms with van der Waals surface area (Å²) in [5.74, 6) is 0.951. The minimum Gasteiger partial charge on any atom is -0.491 e. The predicted octanol–water partition coefficient (Wildman–Crippen LogP) is 2.56. The standard InChI is InChI=1S/C14H17NO2/c1-14(2,9-15)10-17-12-7-11-5-3-4-6-13(11)16-8-12/h3-6,12H,7-8,10H2,1-2H3/t12-/m1/s1. The Morgan fingerprint density at radius 1 is 1.47 bits per heavy atom. The zero-order valence-electron chi connectivity index (χ0n) is 10.3. The van der Waals surface area contributed by atoms with E-state index in [0.717, 1.165) is 12.2 Å². The van der Waals surface area contributed by atoms with Crippen molar-refractivity contribution in [2.24, 2.45) is 5.41 Å². The van der Waals surface area contributed by atoms with Crippen LogP contribution in [-0.2, 0) is 11.2 Å². The van der Waals surface area contributed by atoms with Gasteiger partial charge in [0.15, 0.2) is 0 Å². The van der Waals surface area contributed by atoms with Crippen molar-refractivity contribution < 1.29 is 9.47 Å². The summed E-state index contributed by atoms with van der Waals surface area (Å²) in [4.78, 5) is 0. The van der Waals surface area contributed by atoms with E-state index < -0.39 is 5.41 Å². The molecule has 0 aliphatic carbocycles. The van der Waals surface area contributed by atoms with Gasteiger partial charge in [0.25, 0.3) is 0 Å². The van der Waals surface area contributed by atoms with Crippen LogP contribution in [0.3, 0.4) is 0 Å². The molecule has 0 saturated heterocycles. The Morgan fingerprint density at radius 2 is 2.24 bits per heavy atom. The number of nitriles is 1. The average Bonchev–Trinajstić information content (AvgIpc) is 2.36. The quantitative estimate of drug-likeness (QED) is 0.802. The molecule has 1 atom stereocenters. The molecule has 3 heteroatoms. The zero-order chi connectivity index (χ0) is 12.3. The lowest BCUT2D eigenvalue weighted by Gasteiger charge is -2.27. The van der Waals surface area contributed by atoms with Crippen LogP contribution in [0.5, 0.6) is 5.75 Å². The van der Waals surface area contributed by atoms with Gasteiger partial charge >= 0.3 is 0 Å². The minimum absolute atomic E-state index is 0.0533. The van der Waals surface area contributed by atoms with Crippen molar-refractivity contribution in [2.75, 3.05) is 13.2 Å². The molecule has 2 rings (SSSR count). The molecular weight excluding hydrogens is 214 g/mol. The highest BCUT2D eigenvalue weighted by Gasteiger charge is 2.24. The Hall–Kier alpha value is -1.53. The van der Waals surface area contributed by atoms with Crippen LogP contribution in [0.2, 0.25) is 0 Å². The lowest BCUT2D eigenvalue weighted by atomic mass is 9.97. The van der Waals surface area contributed by atoms with E-state index in [-0.39, 0.29) is 6.10 Å². The number of benzene rings is 1. The third-order valence-electron chi connectivity index (χ3n) is 2.83. The maximum absolute atomic E-state index is 8.92. The van der Waals surface area contributed by atoms with Crippen LogP contribution in [0.15, 0.2) is 24.3 Å². The summed E-state index contributed by atoms with van der Waals surface area (Å²) < 4.78 is 11.4. The van der Waals surface area contributed by atoms with Gasteiger partial charge in [-0.25, -0.2) is 0 Å². The Kier molecular flexibility index (Phi) is 3.35. The molecule has 3 nitrogen and oxygen atoms in total. The van der Waals surface area contributed by atoms with Gasteiger partial charge in [0.1, 0.15) is 12.4 Å². The second-order valence-corrected chi connectivity index (χ2v) is 5.05. The third kappa shape index (κ3) is 2.98. The van der Waals surface area contributed by atoms with E-state index >= 15 is 0 Å². The van der Waals surface area contributed by atoms with Crippen molar-refractivity contribution in [1.82, 2.24) is 0 Å². The lowest BCUT2D eigenvalue weighted by Crippen LogP contribution is -2.32. The van der Waals surface area contributed by atoms with E-state index in [9.17, 15) is 0 Å². The van der Waals surface area contributed by atoms with Crippen molar-refractivity contribution in [1.29, 1.82) is 5.26 Å². The van der Waals surface area contributed by atoms with Gasteiger partial charge in [-0.05, 0) is 25.5 Å². The molecule has 1 aliphatic rings. The summed E-state index contributed by atoms with van der Waals surface area (Å²) in [6.07, 6.45) is 0.912. The van der Waals surface area contributed by atoms with Gasteiger partial charge in [0.2, 0.25) is 0 Å². The molecule has 0 N–H and O–H groups in total. The second-order valence-electron chi connectivity index (χ2n) is 5.05. The Bertz CT molecular complexity index is 434. The normalized spacial score (nSPS) is 19.0. The first-order chi connectivity index (χ1) is 8.11. The summed E-state index contributed by atoms with van der Waals surface area (Å²) in [7, 11) is 0. The molecule has 0 saturated carbocycles. The highest BCUT2D eigenvalue weighted by molar-refractivity contribution is 5.35. The average molecular weight is 231 g/mol. The molecule has 90 valence electrons. The Balaban J connectivity index is 1.93. The monoisotopic (exact) mass is 231 g/mol. The molecule has 0 bridgehead atoms. The van der Waals surface area contributed by atoms with Gasteiger partial charge in [-0.2, -0.15) is 5.26 Å². The molecule has 0 radical (unpaired) electrons. The molecule has 1 aromatic carbocycles. The minimum atomic E-state index is -0.434. The van der Waals surface area contributed by atoms with Crippen molar-refractivity contribution in [2.45, 2.75) is 26.4 Å². The largest absolute Gasteiger partial charge is 0.491 e. The van der Waals surface area contributed by atoms with Crippen LogP contribution in [0.1, 0.15) is 19.4 Å². The summed E-state index contributed by atoms with van der Waals surface area (Å²) in [6.45, 7) is 4.77. The van der Waals surface area contributed by atoms with E-state index in [2.05, 4.69) is 12.1 Å². The summed E-state index contributed by atoms with van der Waals surface area (Å²) in [5, 5.41) is 8.92. The second kappa shape index (κ2) is 4.77. The molecule has 0 unspecified atom stereocenters. The van der Waals surface area contributed by atoms with Crippen molar-refractivity contribution in [3.8, 4) is 11.8 Å². The fraction of sp³-hybridized carbons (Fsp3) is 0.500. The van der Waals surface area contributed by atoms with Crippen LogP contribution in [0.25, 0.3) is 0 Å². The Morgan fingerprint density at radius 3 is 3.00 bits per heavy atom. The van der Waals surface area contributed by atoms with E-state index in [1.54, 1.807) is 0 Å². The number of hydrogen-bond donors (Lipinski definition) is 0. The molecule has 17 heavy (non-hydrogen) atoms. The van der Waals surface area contributed by atoms with Gasteiger partial charge < -0.3 is 9.47 Å². The van der Waals surface area contributed by atoms with E-state index in [0.29, 0.717) is 13.2 Å². The van der Waals surface area contributed by atoms with Crippen LogP contribution in [0, 0.1) is 16.7 Å². The molecule has 0 fully saturated rings. The maximum Gasteiger partial charge on any atom is 0.122 e. The summed E-state index contributed by atoms with van der Waals surface area (Å²) >= 11 is 0. The highest BCUT2D eigenvalue weighted by Crippen LogP contribution is 2.26. The number of hydrogen-bond acceptors (Lipinski definition) is 3. The number of para-hydroxylation sites is 1. The zero-order valence-corrected chi connectivity index (χ0v) is 10.3. The van der Waals surface area contributed by atoms with Gasteiger partial charge in [0, 0.05) is 6.42 Å². The molecule has 0 amide bonds. The first-order valence-corrected chi connectivity index (χ1v) is 5.84. The highest BCUT2D eigenvalue weighted by atomic mass is 16.5. The van der Waals surface area contributed by atoms with Crippen LogP contribution in [-0.4, -0.2) is 19.3 Å². The van der Waals surface area contributed by atoms with Crippen LogP contribution >= 0.6 is 0 Å².